The number of ether oxygens (including phenoxy) is 6. The van der Waals surface area contributed by atoms with Gasteiger partial charge in [-0.3, -0.25) is 19.5 Å². The number of aldehydes is 1. The number of fused-ring (bicyclic) bond motifs is 2. The Morgan fingerprint density at radius 3 is 1.29 bits per heavy atom. The highest BCUT2D eigenvalue weighted by Gasteiger charge is 2.33. The molecule has 0 spiro atoms. The zero-order valence-corrected chi connectivity index (χ0v) is 76.9. The summed E-state index contributed by atoms with van der Waals surface area (Å²) in [4.78, 5) is 91.3. The lowest BCUT2D eigenvalue weighted by molar-refractivity contribution is -0.153. The summed E-state index contributed by atoms with van der Waals surface area (Å²) in [6, 6.07) is 81.6. The molecule has 5 N–H and O–H groups in total. The average molecular weight is 1820 g/mol. The predicted octanol–water partition coefficient (Wildman–Crippen LogP) is 19.7. The first-order chi connectivity index (χ1) is 64.6. The van der Waals surface area contributed by atoms with E-state index in [9.17, 15) is 38.8 Å². The van der Waals surface area contributed by atoms with E-state index in [-0.39, 0.29) is 52.8 Å². The number of pyridine rings is 2. The van der Waals surface area contributed by atoms with E-state index in [2.05, 4.69) is 36.9 Å². The third-order valence-electron chi connectivity index (χ3n) is 18.8. The van der Waals surface area contributed by atoms with Gasteiger partial charge in [-0.1, -0.05) is 199 Å². The normalized spacial score (nSPS) is 13.3. The van der Waals surface area contributed by atoms with Crippen LogP contribution >= 0.6 is 0 Å². The second-order valence-corrected chi connectivity index (χ2v) is 33.1. The number of rotatable bonds is 21. The van der Waals surface area contributed by atoms with Gasteiger partial charge >= 0.3 is 30.0 Å². The first kappa shape index (κ1) is 103. The molecular formula is C105H105N15O15. The van der Waals surface area contributed by atoms with E-state index >= 15 is 0 Å². The molecule has 2 saturated heterocycles. The fraction of sp³-hybridized carbons (Fsp3) is 0.238. The van der Waals surface area contributed by atoms with Gasteiger partial charge in [0, 0.05) is 68.4 Å². The molecule has 0 saturated carbocycles. The van der Waals surface area contributed by atoms with Crippen LogP contribution in [0.5, 0.6) is 28.7 Å². The number of benzene rings is 8. The summed E-state index contributed by atoms with van der Waals surface area (Å²) in [5.41, 5.74) is 6.48. The molecule has 690 valence electrons. The molecule has 0 unspecified atom stereocenters. The number of anilines is 2. The molecule has 4 aromatic heterocycles. The number of nitriles is 5. The summed E-state index contributed by atoms with van der Waals surface area (Å²) in [6.45, 7) is 23.0. The van der Waals surface area contributed by atoms with Crippen molar-refractivity contribution in [3.63, 3.8) is 0 Å². The van der Waals surface area contributed by atoms with Crippen molar-refractivity contribution in [3.05, 3.63) is 316 Å². The molecule has 2 aliphatic rings. The number of carbonyl (C=O) groups is 7. The first-order valence-corrected chi connectivity index (χ1v) is 42.6. The van der Waals surface area contributed by atoms with Crippen molar-refractivity contribution >= 4 is 100 Å². The highest BCUT2D eigenvalue weighted by Crippen LogP contribution is 2.37. The van der Waals surface area contributed by atoms with Gasteiger partial charge in [0.05, 0.1) is 19.7 Å². The number of aryl methyl sites for hydroxylation is 2. The van der Waals surface area contributed by atoms with Gasteiger partial charge < -0.3 is 59.1 Å². The number of carbonyl (C=O) groups excluding carboxylic acids is 5. The SMILES string of the molecule is CC(C)(C)OC(=O)/C(C#N)=C/c1ccccc1.CC(C)(C)OC(=O)CC#N.COc1ccc(Cn2nc(N[C@@H]3CCN(C(=O)OC(C)(C)C)C3)c3c(Oc4ccc(C)cc4)ccnc32)cc1.Cc1ccc(Oc2ccnc3[nH]nc(N[C@@H]4CCN(C(=O)/C(C#N)=C/c5ccccc5)C4)c23)cc1.N#C/C(=C\c1ccccc1)C(=O)O.N#C/C(=C\c1ccccc1)C(=O)O.O=Cc1ccccc1. The van der Waals surface area contributed by atoms with Crippen LogP contribution in [0.4, 0.5) is 16.4 Å². The summed E-state index contributed by atoms with van der Waals surface area (Å²) >= 11 is 0. The lowest BCUT2D eigenvalue weighted by atomic mass is 10.1. The van der Waals surface area contributed by atoms with Crippen LogP contribution in [-0.4, -0.2) is 154 Å². The van der Waals surface area contributed by atoms with Crippen molar-refractivity contribution in [1.82, 2.24) is 39.7 Å². The maximum Gasteiger partial charge on any atom is 0.410 e. The number of hydrogen-bond donors (Lipinski definition) is 5. The van der Waals surface area contributed by atoms with E-state index in [0.29, 0.717) is 78.3 Å². The monoisotopic (exact) mass is 1820 g/mol. The second kappa shape index (κ2) is 51.2. The van der Waals surface area contributed by atoms with Crippen LogP contribution in [0, 0.1) is 70.5 Å². The maximum atomic E-state index is 13.0. The Morgan fingerprint density at radius 1 is 0.474 bits per heavy atom. The minimum Gasteiger partial charge on any atom is -0.497 e. The topological polar surface area (TPSA) is 437 Å². The third kappa shape index (κ3) is 34.9. The number of aromatic amines is 1. The number of amides is 2. The van der Waals surface area contributed by atoms with E-state index in [4.69, 9.17) is 64.8 Å². The van der Waals surface area contributed by atoms with Crippen molar-refractivity contribution in [1.29, 1.82) is 26.3 Å². The number of hydrogen-bond acceptors (Lipinski definition) is 24. The summed E-state index contributed by atoms with van der Waals surface area (Å²) in [6.07, 6.45) is 11.1. The van der Waals surface area contributed by atoms with Crippen LogP contribution in [0.1, 0.15) is 131 Å². The number of likely N-dealkylation sites (tertiary alicyclic amines) is 2. The summed E-state index contributed by atoms with van der Waals surface area (Å²) in [7, 11) is 1.65. The van der Waals surface area contributed by atoms with Crippen molar-refractivity contribution in [3.8, 4) is 59.1 Å². The molecule has 30 nitrogen and oxygen atoms in total. The molecule has 2 fully saturated rings. The van der Waals surface area contributed by atoms with Crippen LogP contribution in [0.15, 0.2) is 271 Å². The molecule has 12 aromatic rings. The fourth-order valence-electron chi connectivity index (χ4n) is 12.6. The van der Waals surface area contributed by atoms with Gasteiger partial charge in [0.25, 0.3) is 5.91 Å². The van der Waals surface area contributed by atoms with E-state index < -0.39 is 40.7 Å². The molecule has 2 amide bonds. The Balaban J connectivity index is 0.000000210. The van der Waals surface area contributed by atoms with Gasteiger partial charge in [0.15, 0.2) is 22.9 Å². The first-order valence-electron chi connectivity index (χ1n) is 42.6. The largest absolute Gasteiger partial charge is 0.497 e. The summed E-state index contributed by atoms with van der Waals surface area (Å²) < 4.78 is 35.1. The van der Waals surface area contributed by atoms with Crippen molar-refractivity contribution < 1.29 is 72.2 Å². The van der Waals surface area contributed by atoms with Crippen molar-refractivity contribution in [2.45, 2.75) is 131 Å². The smallest absolute Gasteiger partial charge is 0.410 e. The molecule has 0 bridgehead atoms. The predicted molar refractivity (Wildman–Crippen MR) is 514 cm³/mol. The third-order valence-corrected chi connectivity index (χ3v) is 18.8. The van der Waals surface area contributed by atoms with E-state index in [0.717, 1.165) is 80.5 Å². The number of methoxy groups -OCH3 is 1. The highest BCUT2D eigenvalue weighted by atomic mass is 16.6. The minimum absolute atomic E-state index is 0.00567. The van der Waals surface area contributed by atoms with Gasteiger partial charge in [-0.25, -0.2) is 33.8 Å². The second-order valence-electron chi connectivity index (χ2n) is 33.1. The fourth-order valence-corrected chi connectivity index (χ4v) is 12.6. The average Bonchev–Trinajstić information content (AvgIpc) is 1.63. The number of aromatic nitrogens is 6. The highest BCUT2D eigenvalue weighted by molar-refractivity contribution is 6.02. The molecule has 0 radical (unpaired) electrons. The van der Waals surface area contributed by atoms with Gasteiger partial charge in [-0.15, -0.1) is 0 Å². The Kier molecular flexibility index (Phi) is 39.1. The Hall–Kier alpha value is -17.3. The molecule has 14 rings (SSSR count). The zero-order valence-electron chi connectivity index (χ0n) is 76.9. The number of aliphatic carboxylic acids is 2. The number of nitrogens with zero attached hydrogens (tertiary/aromatic N) is 12. The Labute approximate surface area is 783 Å². The molecule has 6 heterocycles. The van der Waals surface area contributed by atoms with E-state index in [1.807, 2.05) is 215 Å². The molecular weight excluding hydrogens is 1710 g/mol. The van der Waals surface area contributed by atoms with Crippen molar-refractivity contribution in [2.24, 2.45) is 0 Å². The quantitative estimate of drug-likeness (QED) is 0.0147. The number of carboxylic acids is 2. The van der Waals surface area contributed by atoms with Crippen LogP contribution in [0.3, 0.4) is 0 Å². The lowest BCUT2D eigenvalue weighted by Gasteiger charge is -2.24. The van der Waals surface area contributed by atoms with Crippen LogP contribution in [0.25, 0.3) is 46.4 Å². The van der Waals surface area contributed by atoms with Gasteiger partial charge in [-0.05, 0) is 178 Å². The molecule has 135 heavy (non-hydrogen) atoms. The molecule has 2 atom stereocenters. The molecule has 8 aromatic carbocycles. The maximum absolute atomic E-state index is 13.0. The Bertz CT molecular complexity index is 6270. The molecule has 2 aliphatic heterocycles. The zero-order chi connectivity index (χ0) is 98.0. The van der Waals surface area contributed by atoms with Gasteiger partial charge in [0.1, 0.15) is 116 Å². The number of carboxylic acid groups (broad SMARTS) is 2. The lowest BCUT2D eigenvalue weighted by Crippen LogP contribution is -2.36. The van der Waals surface area contributed by atoms with Gasteiger partial charge in [-0.2, -0.15) is 36.5 Å². The molecule has 0 aliphatic carbocycles. The van der Waals surface area contributed by atoms with Crippen molar-refractivity contribution in [2.75, 3.05) is 43.9 Å². The minimum atomic E-state index is -1.20. The molecule has 30 heteroatoms. The van der Waals surface area contributed by atoms with Crippen LogP contribution in [0.2, 0.25) is 0 Å². The summed E-state index contributed by atoms with van der Waals surface area (Å²) in [5.74, 6) is 1.12. The summed E-state index contributed by atoms with van der Waals surface area (Å²) in [5, 5.41) is 81.4. The number of esters is 2. The van der Waals surface area contributed by atoms with E-state index in [1.54, 1.807) is 162 Å². The van der Waals surface area contributed by atoms with Crippen LogP contribution < -0.4 is 24.8 Å². The van der Waals surface area contributed by atoms with Gasteiger partial charge in [0.2, 0.25) is 0 Å². The van der Waals surface area contributed by atoms with Crippen LogP contribution in [-0.2, 0) is 44.7 Å². The standard InChI is InChI=1S/C30H35N5O4.C27H24N6O2.C14H15NO2.2C10H7NO2.C7H11NO2.C7H6O/c1-20-6-10-24(11-7-20)38-25-14-16-31-28-26(25)27(33-35(28)18-21-8-12-23(37-5)13-9-21)32-22-15-17-34(19-22)29(36)39-30(2,3)4;1-18-7-9-22(10-8-18)35-23-11-13-29-25-24(23)26(32-31-25)30-21-12-14-33(17-21)27(34)20(16-28)15-19-5-3-2-4-6-19;1-14(2,3)17-13(16)12(10-15)9-11-7-5-4-6-8-11;2*11-7-9(10(12)13)6-8-4-2-1-3-5-8;1-7(2,3)10-6(9)4-5-8;8-6-7-4-2-1-3-5-7/h6-14,16,22H,15,17-19H2,1-5H3,(H,32,33);2-11,13,15,21H,12,14,17H2,1H3,(H2,29,30,31,32);4-9H,1-3H3;2*1-6H,(H,12,13);4H2,1-3H3;1-6H/b;20-15+;12-9+;2*9-6+;;/t22-;21-;;;;;/m11...../s1. The Morgan fingerprint density at radius 2 is 0.874 bits per heavy atom. The number of H-pyrrole nitrogens is 1. The number of nitrogens with one attached hydrogen (secondary N) is 3. The van der Waals surface area contributed by atoms with E-state index in [1.165, 1.54) is 18.2 Å².